The number of rotatable bonds is 1. The molecule has 64 valence electrons. The number of nitrogens with zero attached hydrogens (tertiary/aromatic N) is 1. The van der Waals surface area contributed by atoms with Crippen molar-refractivity contribution >= 4 is 0 Å². The SMILES string of the molecule is CN1C[C@@H](N)C[C@@H](C2CC2)C1. The van der Waals surface area contributed by atoms with Crippen LogP contribution < -0.4 is 5.73 Å². The first-order valence-electron chi connectivity index (χ1n) is 4.70. The first kappa shape index (κ1) is 7.56. The smallest absolute Gasteiger partial charge is 0.0170 e. The van der Waals surface area contributed by atoms with Gasteiger partial charge in [0.2, 0.25) is 0 Å². The molecule has 1 aliphatic carbocycles. The van der Waals surface area contributed by atoms with Crippen LogP contribution >= 0.6 is 0 Å². The van der Waals surface area contributed by atoms with Gasteiger partial charge >= 0.3 is 0 Å². The van der Waals surface area contributed by atoms with E-state index in [1.54, 1.807) is 0 Å². The lowest BCUT2D eigenvalue weighted by Gasteiger charge is -2.33. The van der Waals surface area contributed by atoms with Crippen LogP contribution in [0.25, 0.3) is 0 Å². The van der Waals surface area contributed by atoms with Crippen molar-refractivity contribution < 1.29 is 0 Å². The largest absolute Gasteiger partial charge is 0.327 e. The van der Waals surface area contributed by atoms with E-state index in [-0.39, 0.29) is 0 Å². The van der Waals surface area contributed by atoms with Crippen LogP contribution in [0.3, 0.4) is 0 Å². The van der Waals surface area contributed by atoms with Gasteiger partial charge < -0.3 is 10.6 Å². The van der Waals surface area contributed by atoms with Gasteiger partial charge in [-0.1, -0.05) is 0 Å². The van der Waals surface area contributed by atoms with Gasteiger partial charge in [-0.3, -0.25) is 0 Å². The Labute approximate surface area is 68.7 Å². The van der Waals surface area contributed by atoms with Crippen LogP contribution in [-0.2, 0) is 0 Å². The molecule has 0 amide bonds. The molecule has 0 radical (unpaired) electrons. The number of likely N-dealkylation sites (N-methyl/N-ethyl adjacent to an activating group) is 1. The second-order valence-electron chi connectivity index (χ2n) is 4.31. The summed E-state index contributed by atoms with van der Waals surface area (Å²) in [5.74, 6) is 1.95. The van der Waals surface area contributed by atoms with Gasteiger partial charge in [0.1, 0.15) is 0 Å². The standard InChI is InChI=1S/C9H18N2/c1-11-5-8(7-2-3-7)4-9(10)6-11/h7-9H,2-6,10H2,1H3/t8-,9+/m1/s1. The van der Waals surface area contributed by atoms with Crippen molar-refractivity contribution in [2.45, 2.75) is 25.3 Å². The highest BCUT2D eigenvalue weighted by molar-refractivity contribution is 4.89. The van der Waals surface area contributed by atoms with Crippen LogP contribution in [0.4, 0.5) is 0 Å². The molecular formula is C9H18N2. The second-order valence-corrected chi connectivity index (χ2v) is 4.31. The Morgan fingerprint density at radius 3 is 2.45 bits per heavy atom. The molecule has 0 spiro atoms. The van der Waals surface area contributed by atoms with E-state index in [2.05, 4.69) is 11.9 Å². The van der Waals surface area contributed by atoms with E-state index in [1.807, 2.05) is 0 Å². The van der Waals surface area contributed by atoms with Crippen LogP contribution in [-0.4, -0.2) is 31.1 Å². The summed E-state index contributed by atoms with van der Waals surface area (Å²) in [5, 5.41) is 0. The molecule has 0 aromatic heterocycles. The van der Waals surface area contributed by atoms with Crippen molar-refractivity contribution in [2.24, 2.45) is 17.6 Å². The van der Waals surface area contributed by atoms with E-state index in [0.29, 0.717) is 6.04 Å². The van der Waals surface area contributed by atoms with E-state index in [4.69, 9.17) is 5.73 Å². The molecule has 1 heterocycles. The minimum absolute atomic E-state index is 0.444. The molecule has 2 heteroatoms. The maximum absolute atomic E-state index is 5.94. The van der Waals surface area contributed by atoms with Gasteiger partial charge in [0, 0.05) is 19.1 Å². The molecule has 2 rings (SSSR count). The monoisotopic (exact) mass is 154 g/mol. The summed E-state index contributed by atoms with van der Waals surface area (Å²) < 4.78 is 0. The predicted octanol–water partition coefficient (Wildman–Crippen LogP) is 0.675. The molecule has 0 unspecified atom stereocenters. The van der Waals surface area contributed by atoms with Crippen molar-refractivity contribution in [2.75, 3.05) is 20.1 Å². The molecule has 2 nitrogen and oxygen atoms in total. The van der Waals surface area contributed by atoms with Crippen molar-refractivity contribution in [3.05, 3.63) is 0 Å². The third-order valence-corrected chi connectivity index (χ3v) is 2.99. The minimum atomic E-state index is 0.444. The highest BCUT2D eigenvalue weighted by Crippen LogP contribution is 2.40. The maximum Gasteiger partial charge on any atom is 0.0170 e. The lowest BCUT2D eigenvalue weighted by Crippen LogP contribution is -2.45. The average Bonchev–Trinajstić information content (AvgIpc) is 2.64. The van der Waals surface area contributed by atoms with E-state index < -0.39 is 0 Å². The van der Waals surface area contributed by atoms with Crippen molar-refractivity contribution in [1.82, 2.24) is 4.90 Å². The topological polar surface area (TPSA) is 29.3 Å². The summed E-state index contributed by atoms with van der Waals surface area (Å²) in [6.45, 7) is 2.39. The van der Waals surface area contributed by atoms with Crippen LogP contribution in [0.5, 0.6) is 0 Å². The highest BCUT2D eigenvalue weighted by Gasteiger charge is 2.35. The third kappa shape index (κ3) is 1.74. The fourth-order valence-electron chi connectivity index (χ4n) is 2.32. The summed E-state index contributed by atoms with van der Waals surface area (Å²) in [7, 11) is 2.19. The molecule has 0 aromatic rings. The molecular weight excluding hydrogens is 136 g/mol. The van der Waals surface area contributed by atoms with Crippen LogP contribution in [0.15, 0.2) is 0 Å². The first-order valence-corrected chi connectivity index (χ1v) is 4.70. The van der Waals surface area contributed by atoms with Gasteiger partial charge in [0.25, 0.3) is 0 Å². The number of nitrogens with two attached hydrogens (primary N) is 1. The highest BCUT2D eigenvalue weighted by atomic mass is 15.1. The molecule has 2 atom stereocenters. The van der Waals surface area contributed by atoms with Gasteiger partial charge in [-0.15, -0.1) is 0 Å². The minimum Gasteiger partial charge on any atom is -0.327 e. The number of hydrogen-bond donors (Lipinski definition) is 1. The summed E-state index contributed by atoms with van der Waals surface area (Å²) in [6.07, 6.45) is 4.20. The van der Waals surface area contributed by atoms with Crippen LogP contribution in [0.2, 0.25) is 0 Å². The Bertz CT molecular complexity index is 132. The Morgan fingerprint density at radius 2 is 1.91 bits per heavy atom. The molecule has 2 aliphatic rings. The molecule has 1 saturated carbocycles. The zero-order valence-corrected chi connectivity index (χ0v) is 7.29. The molecule has 0 aromatic carbocycles. The second kappa shape index (κ2) is 2.76. The van der Waals surface area contributed by atoms with Gasteiger partial charge in [0.05, 0.1) is 0 Å². The lowest BCUT2D eigenvalue weighted by molar-refractivity contribution is 0.173. The van der Waals surface area contributed by atoms with Gasteiger partial charge in [-0.2, -0.15) is 0 Å². The normalized spacial score (nSPS) is 40.9. The fraction of sp³-hybridized carbons (Fsp3) is 1.00. The molecule has 2 fully saturated rings. The number of piperidine rings is 1. The first-order chi connectivity index (χ1) is 5.25. The van der Waals surface area contributed by atoms with Gasteiger partial charge in [0.15, 0.2) is 0 Å². The molecule has 1 aliphatic heterocycles. The van der Waals surface area contributed by atoms with E-state index >= 15 is 0 Å². The number of hydrogen-bond acceptors (Lipinski definition) is 2. The van der Waals surface area contributed by atoms with Crippen molar-refractivity contribution in [3.63, 3.8) is 0 Å². The Hall–Kier alpha value is -0.0800. The summed E-state index contributed by atoms with van der Waals surface area (Å²) in [4.78, 5) is 2.39. The Morgan fingerprint density at radius 1 is 1.18 bits per heavy atom. The van der Waals surface area contributed by atoms with E-state index in [0.717, 1.165) is 18.4 Å². The van der Waals surface area contributed by atoms with Crippen molar-refractivity contribution in [3.8, 4) is 0 Å². The summed E-state index contributed by atoms with van der Waals surface area (Å²) >= 11 is 0. The lowest BCUT2D eigenvalue weighted by atomic mass is 9.91. The molecule has 2 N–H and O–H groups in total. The Balaban J connectivity index is 1.89. The third-order valence-electron chi connectivity index (χ3n) is 2.99. The van der Waals surface area contributed by atoms with Crippen LogP contribution in [0.1, 0.15) is 19.3 Å². The van der Waals surface area contributed by atoms with E-state index in [1.165, 1.54) is 25.8 Å². The zero-order chi connectivity index (χ0) is 7.84. The predicted molar refractivity (Wildman–Crippen MR) is 46.3 cm³/mol. The summed E-state index contributed by atoms with van der Waals surface area (Å²) in [6, 6.07) is 0.444. The van der Waals surface area contributed by atoms with Gasteiger partial charge in [-0.05, 0) is 38.1 Å². The zero-order valence-electron chi connectivity index (χ0n) is 7.29. The van der Waals surface area contributed by atoms with Crippen LogP contribution in [0, 0.1) is 11.8 Å². The van der Waals surface area contributed by atoms with Crippen molar-refractivity contribution in [1.29, 1.82) is 0 Å². The average molecular weight is 154 g/mol. The fourth-order valence-corrected chi connectivity index (χ4v) is 2.32. The molecule has 1 saturated heterocycles. The molecule has 0 bridgehead atoms. The Kier molecular flexibility index (Phi) is 1.90. The van der Waals surface area contributed by atoms with Gasteiger partial charge in [-0.25, -0.2) is 0 Å². The van der Waals surface area contributed by atoms with E-state index in [9.17, 15) is 0 Å². The summed E-state index contributed by atoms with van der Waals surface area (Å²) in [5.41, 5.74) is 5.94. The molecule has 11 heavy (non-hydrogen) atoms. The maximum atomic E-state index is 5.94. The quantitative estimate of drug-likeness (QED) is 0.601. The number of likely N-dealkylation sites (tertiary alicyclic amines) is 1.